The number of non-ortho nitro benzene ring substituents is 1. The van der Waals surface area contributed by atoms with Crippen LogP contribution in [0.15, 0.2) is 42.5 Å². The molecule has 0 atom stereocenters. The number of nitrogens with one attached hydrogen (secondary N) is 2. The molecule has 0 radical (unpaired) electrons. The second-order valence-corrected chi connectivity index (χ2v) is 4.88. The molecule has 2 rings (SSSR count). The smallest absolute Gasteiger partial charge is 0.308 e. The van der Waals surface area contributed by atoms with Crippen LogP contribution in [-0.2, 0) is 4.79 Å². The van der Waals surface area contributed by atoms with E-state index in [-0.39, 0.29) is 17.0 Å². The SMILES string of the molecule is CC(=O)Oc1ccccc1C(=O)NNc1ccc([N+](=O)[O-])cc1[N+](=O)[O-]. The molecule has 0 bridgehead atoms. The quantitative estimate of drug-likeness (QED) is 0.344. The van der Waals surface area contributed by atoms with Crippen molar-refractivity contribution in [3.05, 3.63) is 68.3 Å². The van der Waals surface area contributed by atoms with Crippen molar-refractivity contribution in [2.45, 2.75) is 6.92 Å². The molecule has 0 aromatic heterocycles. The predicted molar refractivity (Wildman–Crippen MR) is 88.6 cm³/mol. The van der Waals surface area contributed by atoms with Crippen LogP contribution in [0.5, 0.6) is 5.75 Å². The first kappa shape index (κ1) is 18.3. The number of amides is 1. The first-order chi connectivity index (χ1) is 12.3. The maximum atomic E-state index is 12.2. The Kier molecular flexibility index (Phi) is 5.43. The summed E-state index contributed by atoms with van der Waals surface area (Å²) in [7, 11) is 0. The van der Waals surface area contributed by atoms with Crippen LogP contribution < -0.4 is 15.6 Å². The van der Waals surface area contributed by atoms with Crippen molar-refractivity contribution in [1.82, 2.24) is 5.43 Å². The summed E-state index contributed by atoms with van der Waals surface area (Å²) in [6.45, 7) is 1.17. The summed E-state index contributed by atoms with van der Waals surface area (Å²) < 4.78 is 4.91. The molecule has 0 aliphatic heterocycles. The summed E-state index contributed by atoms with van der Waals surface area (Å²) >= 11 is 0. The van der Waals surface area contributed by atoms with E-state index in [2.05, 4.69) is 10.9 Å². The molecular formula is C15H12N4O7. The molecule has 0 fully saturated rings. The van der Waals surface area contributed by atoms with Gasteiger partial charge in [-0.3, -0.25) is 40.7 Å². The summed E-state index contributed by atoms with van der Waals surface area (Å²) in [6.07, 6.45) is 0. The van der Waals surface area contributed by atoms with Gasteiger partial charge < -0.3 is 4.74 Å². The Morgan fingerprint density at radius 1 is 1.04 bits per heavy atom. The lowest BCUT2D eigenvalue weighted by Crippen LogP contribution is -2.30. The molecule has 26 heavy (non-hydrogen) atoms. The van der Waals surface area contributed by atoms with Crippen LogP contribution in [-0.4, -0.2) is 21.7 Å². The van der Waals surface area contributed by atoms with E-state index in [1.807, 2.05) is 0 Å². The molecule has 0 spiro atoms. The summed E-state index contributed by atoms with van der Waals surface area (Å²) in [5.41, 5.74) is 3.36. The highest BCUT2D eigenvalue weighted by Crippen LogP contribution is 2.28. The van der Waals surface area contributed by atoms with Crippen molar-refractivity contribution in [2.24, 2.45) is 0 Å². The number of esters is 1. The van der Waals surface area contributed by atoms with E-state index in [0.717, 1.165) is 18.2 Å². The van der Waals surface area contributed by atoms with Crippen molar-refractivity contribution in [3.63, 3.8) is 0 Å². The average molecular weight is 360 g/mol. The number of hydrazine groups is 1. The molecule has 0 aliphatic carbocycles. The Hall–Kier alpha value is -4.02. The molecule has 0 aliphatic rings. The number of ether oxygens (including phenoxy) is 1. The lowest BCUT2D eigenvalue weighted by atomic mass is 10.2. The van der Waals surface area contributed by atoms with Crippen LogP contribution in [0, 0.1) is 20.2 Å². The molecule has 0 unspecified atom stereocenters. The number of anilines is 1. The lowest BCUT2D eigenvalue weighted by molar-refractivity contribution is -0.393. The van der Waals surface area contributed by atoms with Crippen LogP contribution >= 0.6 is 0 Å². The van der Waals surface area contributed by atoms with Gasteiger partial charge in [-0.2, -0.15) is 0 Å². The average Bonchev–Trinajstić information content (AvgIpc) is 2.59. The molecule has 0 saturated carbocycles. The number of hydrogen-bond acceptors (Lipinski definition) is 8. The minimum absolute atomic E-state index is 0.0116. The third kappa shape index (κ3) is 4.29. The Labute approximate surface area is 145 Å². The highest BCUT2D eigenvalue weighted by molar-refractivity contribution is 5.98. The highest BCUT2D eigenvalue weighted by Gasteiger charge is 2.20. The van der Waals surface area contributed by atoms with Gasteiger partial charge in [0.25, 0.3) is 11.6 Å². The van der Waals surface area contributed by atoms with Crippen LogP contribution in [0.2, 0.25) is 0 Å². The maximum Gasteiger partial charge on any atom is 0.308 e. The Morgan fingerprint density at radius 2 is 1.73 bits per heavy atom. The number of nitrogens with zero attached hydrogens (tertiary/aromatic N) is 2. The Morgan fingerprint density at radius 3 is 2.35 bits per heavy atom. The minimum atomic E-state index is -0.825. The molecular weight excluding hydrogens is 348 g/mol. The van der Waals surface area contributed by atoms with Crippen LogP contribution in [0.1, 0.15) is 17.3 Å². The molecule has 0 heterocycles. The number of rotatable bonds is 6. The van der Waals surface area contributed by atoms with E-state index in [1.165, 1.54) is 25.1 Å². The van der Waals surface area contributed by atoms with Crippen LogP contribution in [0.3, 0.4) is 0 Å². The Balaban J connectivity index is 2.21. The zero-order valence-corrected chi connectivity index (χ0v) is 13.3. The molecule has 0 saturated heterocycles. The third-order valence-corrected chi connectivity index (χ3v) is 3.08. The van der Waals surface area contributed by atoms with Gasteiger partial charge in [0.15, 0.2) is 0 Å². The summed E-state index contributed by atoms with van der Waals surface area (Å²) in [5.74, 6) is -1.34. The fraction of sp³-hybridized carbons (Fsp3) is 0.0667. The summed E-state index contributed by atoms with van der Waals surface area (Å²) in [4.78, 5) is 43.5. The molecule has 11 nitrogen and oxygen atoms in total. The van der Waals surface area contributed by atoms with Gasteiger partial charge >= 0.3 is 11.7 Å². The summed E-state index contributed by atoms with van der Waals surface area (Å²) in [5, 5.41) is 21.8. The number of benzene rings is 2. The van der Waals surface area contributed by atoms with Crippen molar-refractivity contribution < 1.29 is 24.2 Å². The van der Waals surface area contributed by atoms with E-state index < -0.39 is 33.1 Å². The number of carbonyl (C=O) groups excluding carboxylic acids is 2. The summed E-state index contributed by atoms with van der Waals surface area (Å²) in [6, 6.07) is 8.80. The fourth-order valence-corrected chi connectivity index (χ4v) is 1.98. The van der Waals surface area contributed by atoms with Crippen molar-refractivity contribution in [2.75, 3.05) is 5.43 Å². The van der Waals surface area contributed by atoms with E-state index in [0.29, 0.717) is 0 Å². The first-order valence-corrected chi connectivity index (χ1v) is 7.06. The standard InChI is InChI=1S/C15H12N4O7/c1-9(20)26-14-5-3-2-4-11(14)15(21)17-16-12-7-6-10(18(22)23)8-13(12)19(24)25/h2-8,16H,1H3,(H,17,21). The molecule has 2 N–H and O–H groups in total. The largest absolute Gasteiger partial charge is 0.426 e. The number of carbonyl (C=O) groups is 2. The van der Waals surface area contributed by atoms with Gasteiger partial charge in [0.2, 0.25) is 0 Å². The molecule has 2 aromatic rings. The van der Waals surface area contributed by atoms with Gasteiger partial charge in [-0.05, 0) is 18.2 Å². The second-order valence-electron chi connectivity index (χ2n) is 4.88. The minimum Gasteiger partial charge on any atom is -0.426 e. The van der Waals surface area contributed by atoms with Gasteiger partial charge in [-0.15, -0.1) is 0 Å². The zero-order valence-electron chi connectivity index (χ0n) is 13.3. The third-order valence-electron chi connectivity index (χ3n) is 3.08. The van der Waals surface area contributed by atoms with Crippen molar-refractivity contribution in [1.29, 1.82) is 0 Å². The van der Waals surface area contributed by atoms with Gasteiger partial charge in [-0.25, -0.2) is 0 Å². The molecule has 134 valence electrons. The van der Waals surface area contributed by atoms with Crippen LogP contribution in [0.4, 0.5) is 17.1 Å². The lowest BCUT2D eigenvalue weighted by Gasteiger charge is -2.11. The first-order valence-electron chi connectivity index (χ1n) is 7.06. The second kappa shape index (κ2) is 7.70. The van der Waals surface area contributed by atoms with Gasteiger partial charge in [0, 0.05) is 13.0 Å². The monoisotopic (exact) mass is 360 g/mol. The Bertz CT molecular complexity index is 897. The maximum absolute atomic E-state index is 12.2. The normalized spacial score (nSPS) is 9.88. The molecule has 1 amide bonds. The van der Waals surface area contributed by atoms with E-state index in [9.17, 15) is 29.8 Å². The molecule has 2 aromatic carbocycles. The van der Waals surface area contributed by atoms with E-state index in [4.69, 9.17) is 4.74 Å². The fourth-order valence-electron chi connectivity index (χ4n) is 1.98. The van der Waals surface area contributed by atoms with Crippen molar-refractivity contribution in [3.8, 4) is 5.75 Å². The number of nitro benzene ring substituents is 2. The molecule has 11 heteroatoms. The number of hydrogen-bond donors (Lipinski definition) is 2. The van der Waals surface area contributed by atoms with Gasteiger partial charge in [0.05, 0.1) is 21.5 Å². The van der Waals surface area contributed by atoms with Crippen molar-refractivity contribution >= 4 is 28.9 Å². The van der Waals surface area contributed by atoms with E-state index >= 15 is 0 Å². The predicted octanol–water partition coefficient (Wildman–Crippen LogP) is 2.19. The number of para-hydroxylation sites is 1. The van der Waals surface area contributed by atoms with E-state index in [1.54, 1.807) is 6.07 Å². The van der Waals surface area contributed by atoms with Crippen LogP contribution in [0.25, 0.3) is 0 Å². The van der Waals surface area contributed by atoms with Gasteiger partial charge in [0.1, 0.15) is 11.4 Å². The van der Waals surface area contributed by atoms with Gasteiger partial charge in [-0.1, -0.05) is 12.1 Å². The highest BCUT2D eigenvalue weighted by atomic mass is 16.6. The topological polar surface area (TPSA) is 154 Å². The number of nitro groups is 2. The zero-order chi connectivity index (χ0) is 19.3.